The number of aromatic hydroxyl groups is 1. The number of nitrogens with one attached hydrogen (secondary N) is 1. The van der Waals surface area contributed by atoms with Gasteiger partial charge in [-0.25, -0.2) is 18.7 Å². The average molecular weight is 453 g/mol. The van der Waals surface area contributed by atoms with Crippen molar-refractivity contribution in [3.05, 3.63) is 48.7 Å². The predicted octanol–water partition coefficient (Wildman–Crippen LogP) is 3.73. The van der Waals surface area contributed by atoms with Crippen LogP contribution in [-0.4, -0.2) is 58.5 Å². The Morgan fingerprint density at radius 3 is 2.73 bits per heavy atom. The number of phenolic OH excluding ortho intramolecular Hbond substituents is 1. The highest BCUT2D eigenvalue weighted by molar-refractivity contribution is 5.75. The number of anilines is 1. The van der Waals surface area contributed by atoms with Crippen LogP contribution in [0.3, 0.4) is 0 Å². The maximum atomic E-state index is 14.9. The van der Waals surface area contributed by atoms with Crippen LogP contribution in [0.4, 0.5) is 14.6 Å². The fraction of sp³-hybridized carbons (Fsp3) is 0.375. The van der Waals surface area contributed by atoms with Gasteiger partial charge in [-0.15, -0.1) is 0 Å². The minimum absolute atomic E-state index is 0.109. The van der Waals surface area contributed by atoms with Gasteiger partial charge in [-0.3, -0.25) is 4.98 Å². The Labute approximate surface area is 190 Å². The zero-order chi connectivity index (χ0) is 23.1. The molecule has 0 radical (unpaired) electrons. The van der Waals surface area contributed by atoms with Crippen molar-refractivity contribution < 1.29 is 18.6 Å². The predicted molar refractivity (Wildman–Crippen MR) is 121 cm³/mol. The molecule has 4 heterocycles. The topological polar surface area (TPSA) is 83.4 Å². The number of alkyl halides is 1. The SMILES string of the molecule is COc1cc(-c2cc(O)c(-c3cnc(N(C)[C@H]4C[C@@H]5CC[C@@H](N5)[C@H]4F)cn3)cc2F)ccn1. The molecule has 0 aliphatic carbocycles. The summed E-state index contributed by atoms with van der Waals surface area (Å²) < 4.78 is 34.9. The third-order valence-corrected chi connectivity index (χ3v) is 6.67. The van der Waals surface area contributed by atoms with E-state index in [1.165, 1.54) is 37.8 Å². The molecule has 0 saturated carbocycles. The molecule has 7 nitrogen and oxygen atoms in total. The summed E-state index contributed by atoms with van der Waals surface area (Å²) in [5.41, 5.74) is 1.30. The molecule has 4 atom stereocenters. The minimum atomic E-state index is -0.979. The molecule has 2 aliphatic rings. The summed E-state index contributed by atoms with van der Waals surface area (Å²) >= 11 is 0. The Morgan fingerprint density at radius 1 is 1.12 bits per heavy atom. The van der Waals surface area contributed by atoms with Crippen molar-refractivity contribution in [2.45, 2.75) is 43.6 Å². The Balaban J connectivity index is 1.39. The largest absolute Gasteiger partial charge is 0.507 e. The second kappa shape index (κ2) is 8.55. The van der Waals surface area contributed by atoms with Crippen LogP contribution in [0.1, 0.15) is 19.3 Å². The highest BCUT2D eigenvalue weighted by atomic mass is 19.1. The van der Waals surface area contributed by atoms with Gasteiger partial charge in [0.15, 0.2) is 0 Å². The molecule has 2 aliphatic heterocycles. The third kappa shape index (κ3) is 3.97. The Morgan fingerprint density at radius 2 is 1.97 bits per heavy atom. The van der Waals surface area contributed by atoms with Crippen molar-refractivity contribution in [2.24, 2.45) is 0 Å². The lowest BCUT2D eigenvalue weighted by Crippen LogP contribution is -2.55. The average Bonchev–Trinajstić information content (AvgIpc) is 3.25. The smallest absolute Gasteiger partial charge is 0.213 e. The number of nitrogens with zero attached hydrogens (tertiary/aromatic N) is 4. The van der Waals surface area contributed by atoms with Gasteiger partial charge in [-0.1, -0.05) is 0 Å². The normalized spacial score (nSPS) is 24.0. The molecular formula is C24H25F2N5O2. The van der Waals surface area contributed by atoms with Gasteiger partial charge in [-0.2, -0.15) is 0 Å². The molecule has 3 aromatic rings. The van der Waals surface area contributed by atoms with Gasteiger partial charge in [0.25, 0.3) is 0 Å². The summed E-state index contributed by atoms with van der Waals surface area (Å²) in [7, 11) is 3.30. The summed E-state index contributed by atoms with van der Waals surface area (Å²) in [5.74, 6) is 0.229. The van der Waals surface area contributed by atoms with Gasteiger partial charge < -0.3 is 20.1 Å². The zero-order valence-corrected chi connectivity index (χ0v) is 18.4. The molecule has 2 saturated heterocycles. The fourth-order valence-corrected chi connectivity index (χ4v) is 4.84. The molecule has 5 rings (SSSR count). The zero-order valence-electron chi connectivity index (χ0n) is 18.4. The van der Waals surface area contributed by atoms with E-state index in [0.29, 0.717) is 35.4 Å². The summed E-state index contributed by atoms with van der Waals surface area (Å²) in [5, 5.41) is 13.9. The standard InChI is InChI=1S/C24H25F2N5O2/c1-31(20-8-14-3-4-18(30-14)24(20)26)22-12-28-19(11-29-22)16-9-17(25)15(10-21(16)32)13-5-6-27-23(7-13)33-2/h5-7,9-12,14,18,20,24,30,32H,3-4,8H2,1-2H3/t14-,18+,20-,24+/m0/s1. The number of benzene rings is 1. The first-order valence-corrected chi connectivity index (χ1v) is 10.9. The van der Waals surface area contributed by atoms with Crippen LogP contribution in [0, 0.1) is 5.82 Å². The summed E-state index contributed by atoms with van der Waals surface area (Å²) in [6, 6.07) is 5.75. The second-order valence-corrected chi connectivity index (χ2v) is 8.60. The number of halogens is 2. The molecule has 1 aromatic carbocycles. The van der Waals surface area contributed by atoms with Gasteiger partial charge in [0.1, 0.15) is 23.6 Å². The van der Waals surface area contributed by atoms with E-state index in [2.05, 4.69) is 20.3 Å². The maximum absolute atomic E-state index is 14.9. The van der Waals surface area contributed by atoms with Crippen molar-refractivity contribution in [1.29, 1.82) is 0 Å². The molecule has 0 amide bonds. The molecule has 2 N–H and O–H groups in total. The molecule has 0 spiro atoms. The van der Waals surface area contributed by atoms with E-state index in [1.807, 2.05) is 11.9 Å². The first-order chi connectivity index (χ1) is 15.9. The number of phenols is 1. The van der Waals surface area contributed by atoms with E-state index in [9.17, 15) is 13.9 Å². The lowest BCUT2D eigenvalue weighted by molar-refractivity contribution is 0.176. The van der Waals surface area contributed by atoms with E-state index in [4.69, 9.17) is 4.74 Å². The molecule has 0 unspecified atom stereocenters. The lowest BCUT2D eigenvalue weighted by Gasteiger charge is -2.38. The van der Waals surface area contributed by atoms with Crippen molar-refractivity contribution in [1.82, 2.24) is 20.3 Å². The monoisotopic (exact) mass is 453 g/mol. The van der Waals surface area contributed by atoms with E-state index in [0.717, 1.165) is 12.8 Å². The number of fused-ring (bicyclic) bond motifs is 2. The number of aromatic nitrogens is 3. The van der Waals surface area contributed by atoms with Crippen molar-refractivity contribution in [2.75, 3.05) is 19.1 Å². The van der Waals surface area contributed by atoms with Crippen LogP contribution < -0.4 is 15.0 Å². The van der Waals surface area contributed by atoms with Gasteiger partial charge in [0.2, 0.25) is 5.88 Å². The molecule has 33 heavy (non-hydrogen) atoms. The van der Waals surface area contributed by atoms with Crippen molar-refractivity contribution in [3.63, 3.8) is 0 Å². The van der Waals surface area contributed by atoms with E-state index >= 15 is 0 Å². The van der Waals surface area contributed by atoms with Gasteiger partial charge in [0, 0.05) is 42.5 Å². The molecule has 172 valence electrons. The third-order valence-electron chi connectivity index (χ3n) is 6.67. The van der Waals surface area contributed by atoms with Crippen LogP contribution in [0.2, 0.25) is 0 Å². The second-order valence-electron chi connectivity index (χ2n) is 8.60. The summed E-state index contributed by atoms with van der Waals surface area (Å²) in [4.78, 5) is 14.6. The first-order valence-electron chi connectivity index (χ1n) is 10.9. The summed E-state index contributed by atoms with van der Waals surface area (Å²) in [6.45, 7) is 0. The number of methoxy groups -OCH3 is 1. The number of ether oxygens (including phenoxy) is 1. The van der Waals surface area contributed by atoms with Crippen molar-refractivity contribution in [3.8, 4) is 34.0 Å². The van der Waals surface area contributed by atoms with Crippen LogP contribution in [-0.2, 0) is 0 Å². The molecule has 2 bridgehead atoms. The fourth-order valence-electron chi connectivity index (χ4n) is 4.84. The number of pyridine rings is 1. The van der Waals surface area contributed by atoms with Crippen LogP contribution in [0.5, 0.6) is 11.6 Å². The van der Waals surface area contributed by atoms with E-state index in [-0.39, 0.29) is 29.0 Å². The van der Waals surface area contributed by atoms with Gasteiger partial charge in [-0.05, 0) is 43.0 Å². The Kier molecular flexibility index (Phi) is 5.57. The van der Waals surface area contributed by atoms with Crippen LogP contribution in [0.15, 0.2) is 42.9 Å². The van der Waals surface area contributed by atoms with E-state index < -0.39 is 12.0 Å². The number of piperidine rings is 1. The molecule has 2 aromatic heterocycles. The minimum Gasteiger partial charge on any atom is -0.507 e. The maximum Gasteiger partial charge on any atom is 0.213 e. The highest BCUT2D eigenvalue weighted by Crippen LogP contribution is 2.36. The number of hydrogen-bond donors (Lipinski definition) is 2. The lowest BCUT2D eigenvalue weighted by atomic mass is 9.96. The number of hydrogen-bond acceptors (Lipinski definition) is 7. The van der Waals surface area contributed by atoms with E-state index in [1.54, 1.807) is 12.1 Å². The van der Waals surface area contributed by atoms with Crippen LogP contribution in [0.25, 0.3) is 22.4 Å². The Hall–Kier alpha value is -3.33. The Bertz CT molecular complexity index is 1160. The van der Waals surface area contributed by atoms with Crippen molar-refractivity contribution >= 4 is 5.82 Å². The molecule has 2 fully saturated rings. The number of rotatable bonds is 5. The van der Waals surface area contributed by atoms with Gasteiger partial charge >= 0.3 is 0 Å². The quantitative estimate of drug-likeness (QED) is 0.609. The van der Waals surface area contributed by atoms with Crippen LogP contribution >= 0.6 is 0 Å². The highest BCUT2D eigenvalue weighted by Gasteiger charge is 2.43. The molecular weight excluding hydrogens is 428 g/mol. The van der Waals surface area contributed by atoms with Gasteiger partial charge in [0.05, 0.1) is 31.2 Å². The summed E-state index contributed by atoms with van der Waals surface area (Å²) in [6.07, 6.45) is 6.09. The first kappa shape index (κ1) is 21.5. The molecule has 9 heteroatoms.